The minimum absolute atomic E-state index is 0.0995. The third kappa shape index (κ3) is 16.1. The lowest BCUT2D eigenvalue weighted by atomic mass is 9.75. The topological polar surface area (TPSA) is 144 Å². The van der Waals surface area contributed by atoms with Crippen molar-refractivity contribution in [1.82, 2.24) is 4.98 Å². The molecule has 1 fully saturated rings. The summed E-state index contributed by atoms with van der Waals surface area (Å²) >= 11 is 10.2. The highest BCUT2D eigenvalue weighted by Gasteiger charge is 2.52. The predicted molar refractivity (Wildman–Crippen MR) is 519 cm³/mol. The van der Waals surface area contributed by atoms with Crippen molar-refractivity contribution in [3.63, 3.8) is 0 Å². The molecule has 2 heterocycles. The van der Waals surface area contributed by atoms with Gasteiger partial charge in [0.1, 0.15) is 0 Å². The number of rotatable bonds is 6. The summed E-state index contributed by atoms with van der Waals surface area (Å²) < 4.78 is 15.3. The van der Waals surface area contributed by atoms with Gasteiger partial charge in [-0.2, -0.15) is 0 Å². The van der Waals surface area contributed by atoms with Crippen LogP contribution in [0.1, 0.15) is 27.7 Å². The first-order valence-electron chi connectivity index (χ1n) is 39.9. The average Bonchev–Trinajstić information content (AvgIpc) is 1.46. The first-order chi connectivity index (χ1) is 58.9. The third-order valence-corrected chi connectivity index (χ3v) is 24.8. The molecule has 0 bridgehead atoms. The van der Waals surface area contributed by atoms with E-state index in [-0.39, 0.29) is 34.6 Å². The van der Waals surface area contributed by atoms with Crippen LogP contribution in [0.25, 0.3) is 163 Å². The normalized spacial score (nSPS) is 12.6. The minimum atomic E-state index is -0.427. The second kappa shape index (κ2) is 34.6. The molecule has 21 aromatic rings. The molecule has 14 heteroatoms. The lowest BCUT2D eigenvalue weighted by molar-refractivity contribution is -0.385. The maximum atomic E-state index is 11.4. The van der Waals surface area contributed by atoms with E-state index >= 15 is 0 Å². The van der Waals surface area contributed by atoms with E-state index in [4.69, 9.17) is 20.0 Å². The van der Waals surface area contributed by atoms with Gasteiger partial charge in [0.2, 0.25) is 0 Å². The molecule has 10 nitrogen and oxygen atoms in total. The first-order valence-corrected chi connectivity index (χ1v) is 42.2. The molecule has 1 aliphatic heterocycles. The smallest absolute Gasteiger partial charge is 0.399 e. The van der Waals surface area contributed by atoms with Crippen LogP contribution in [0.5, 0.6) is 0 Å². The molecule has 22 rings (SSSR count). The number of benzene rings is 20. The minimum Gasteiger partial charge on any atom is -0.399 e. The summed E-state index contributed by atoms with van der Waals surface area (Å²) in [6.07, 6.45) is 0. The van der Waals surface area contributed by atoms with Gasteiger partial charge in [-0.05, 0) is 223 Å². The Morgan fingerprint density at radius 3 is 1.12 bits per heavy atom. The highest BCUT2D eigenvalue weighted by atomic mass is 79.9. The number of nitrogens with two attached hydrogens (primary N) is 1. The summed E-state index contributed by atoms with van der Waals surface area (Å²) in [5.74, 6) is 0. The Balaban J connectivity index is 0.000000106. The van der Waals surface area contributed by atoms with Crippen LogP contribution in [-0.2, 0) is 9.31 Å². The summed E-state index contributed by atoms with van der Waals surface area (Å²) in [4.78, 5) is 26.0. The Bertz CT molecular complexity index is 7580. The van der Waals surface area contributed by atoms with Crippen molar-refractivity contribution in [3.8, 4) is 33.5 Å². The van der Waals surface area contributed by atoms with Crippen molar-refractivity contribution >= 4 is 207 Å². The van der Waals surface area contributed by atoms with E-state index < -0.39 is 4.92 Å². The molecule has 0 radical (unpaired) electrons. The standard InChI is InChI=1S/C27H16BrN.C20H21BO2.C20H13NO2.C20H15N.C14H9Br.C6H4BrNO2/c28-18-15-13-17(14-16-18)27-26-22-10-4-2-8-20(22)19-7-1-3-9-21(19)25(26)23-11-5-6-12-24(23)29-27;1-19(2)20(3,4)23-21(22-19)18-13-14-9-5-6-10-15(14)16-11-7-8-12-17(16)18;22-21(23)20-12-6-5-11-18(20)19-13-14-7-1-2-8-15(14)16-9-3-4-10-17(16)19;21-20-12-6-5-11-18(20)19-13-14-7-1-2-8-15(14)16-9-3-4-10-17(16)19;15-14-9-10-5-1-2-6-11(10)12-7-3-4-8-13(12)14;7-5-3-1-2-4-6(5)8(9)10/h1-16H;5-13H,1-4H3;1-13H;1-13H,21H2;1-9H;1-4H. The molecule has 20 aromatic carbocycles. The van der Waals surface area contributed by atoms with Gasteiger partial charge in [-0.25, -0.2) is 4.98 Å². The van der Waals surface area contributed by atoms with Crippen molar-refractivity contribution < 1.29 is 19.2 Å². The van der Waals surface area contributed by atoms with Gasteiger partial charge in [0.15, 0.2) is 0 Å². The molecule has 0 unspecified atom stereocenters. The number of halogens is 3. The molecule has 121 heavy (non-hydrogen) atoms. The van der Waals surface area contributed by atoms with Gasteiger partial charge in [0, 0.05) is 54.1 Å². The first kappa shape index (κ1) is 80.1. The summed E-state index contributed by atoms with van der Waals surface area (Å²) in [5, 5.41) is 49.9. The zero-order valence-corrected chi connectivity index (χ0v) is 71.3. The van der Waals surface area contributed by atoms with Crippen LogP contribution in [0.2, 0.25) is 0 Å². The Kier molecular flexibility index (Phi) is 22.9. The second-order valence-corrected chi connectivity index (χ2v) is 33.3. The molecule has 2 N–H and O–H groups in total. The Labute approximate surface area is 725 Å². The number of hydrogen-bond donors (Lipinski definition) is 1. The van der Waals surface area contributed by atoms with E-state index in [0.29, 0.717) is 10.0 Å². The monoisotopic (exact) mass is 1760 g/mol. The summed E-state index contributed by atoms with van der Waals surface area (Å²) in [7, 11) is -0.338. The van der Waals surface area contributed by atoms with Crippen molar-refractivity contribution in [3.05, 3.63) is 422 Å². The lowest BCUT2D eigenvalue weighted by Gasteiger charge is -2.32. The molecule has 0 saturated carbocycles. The van der Waals surface area contributed by atoms with Gasteiger partial charge in [-0.15, -0.1) is 0 Å². The average molecular weight is 1770 g/mol. The van der Waals surface area contributed by atoms with Crippen LogP contribution in [0.3, 0.4) is 0 Å². The van der Waals surface area contributed by atoms with E-state index in [2.05, 4.69) is 355 Å². The highest BCUT2D eigenvalue weighted by Crippen LogP contribution is 2.46. The van der Waals surface area contributed by atoms with Crippen LogP contribution in [-0.4, -0.2) is 33.2 Å². The quantitative estimate of drug-likeness (QED) is 0.0570. The van der Waals surface area contributed by atoms with Crippen LogP contribution in [0.15, 0.2) is 402 Å². The Morgan fingerprint density at radius 1 is 0.306 bits per heavy atom. The van der Waals surface area contributed by atoms with E-state index in [0.717, 1.165) is 69.5 Å². The van der Waals surface area contributed by atoms with E-state index in [1.165, 1.54) is 114 Å². The predicted octanol–water partition coefficient (Wildman–Crippen LogP) is 30.3. The molecular formula is C107H78BBr3N4O6. The van der Waals surface area contributed by atoms with Crippen molar-refractivity contribution in [2.75, 3.05) is 5.73 Å². The zero-order valence-electron chi connectivity index (χ0n) is 66.5. The number of nitrogens with zero attached hydrogens (tertiary/aromatic N) is 3. The van der Waals surface area contributed by atoms with Gasteiger partial charge >= 0.3 is 7.12 Å². The molecule has 1 aliphatic rings. The van der Waals surface area contributed by atoms with Crippen molar-refractivity contribution in [1.29, 1.82) is 0 Å². The van der Waals surface area contributed by atoms with Gasteiger partial charge in [0.25, 0.3) is 11.4 Å². The number of anilines is 1. The molecular weight excluding hydrogens is 1690 g/mol. The number of fused-ring (bicyclic) bond motifs is 20. The number of nitrogen functional groups attached to an aromatic ring is 1. The van der Waals surface area contributed by atoms with Gasteiger partial charge in [-0.3, -0.25) is 20.2 Å². The van der Waals surface area contributed by atoms with E-state index in [1.807, 2.05) is 72.8 Å². The highest BCUT2D eigenvalue weighted by molar-refractivity contribution is 9.11. The molecule has 0 spiro atoms. The number of pyridine rings is 1. The van der Waals surface area contributed by atoms with Gasteiger partial charge in [-0.1, -0.05) is 353 Å². The van der Waals surface area contributed by atoms with Crippen LogP contribution >= 0.6 is 47.8 Å². The lowest BCUT2D eigenvalue weighted by Crippen LogP contribution is -2.41. The number of nitro groups is 2. The Morgan fingerprint density at radius 2 is 0.645 bits per heavy atom. The number of hydrogen-bond acceptors (Lipinski definition) is 8. The molecule has 0 amide bonds. The number of aromatic nitrogens is 1. The summed E-state index contributed by atoms with van der Waals surface area (Å²) in [6, 6.07) is 132. The van der Waals surface area contributed by atoms with Crippen molar-refractivity contribution in [2.24, 2.45) is 0 Å². The maximum Gasteiger partial charge on any atom is 0.495 e. The van der Waals surface area contributed by atoms with Gasteiger partial charge < -0.3 is 15.0 Å². The van der Waals surface area contributed by atoms with Gasteiger partial charge in [0.05, 0.1) is 42.3 Å². The van der Waals surface area contributed by atoms with Crippen LogP contribution < -0.4 is 11.2 Å². The second-order valence-electron chi connectivity index (χ2n) is 30.7. The fourth-order valence-electron chi connectivity index (χ4n) is 16.5. The molecule has 0 atom stereocenters. The van der Waals surface area contributed by atoms with E-state index in [9.17, 15) is 20.2 Å². The number of nitro benzene ring substituents is 2. The van der Waals surface area contributed by atoms with Crippen molar-refractivity contribution in [2.45, 2.75) is 38.9 Å². The molecule has 1 saturated heterocycles. The van der Waals surface area contributed by atoms with E-state index in [1.54, 1.807) is 30.3 Å². The molecule has 1 aromatic heterocycles. The molecule has 586 valence electrons. The van der Waals surface area contributed by atoms with Crippen LogP contribution in [0, 0.1) is 20.2 Å². The largest absolute Gasteiger partial charge is 0.495 e. The third-order valence-electron chi connectivity index (χ3n) is 22.9. The van der Waals surface area contributed by atoms with Crippen LogP contribution in [0.4, 0.5) is 17.1 Å². The maximum absolute atomic E-state index is 11.4. The number of para-hydroxylation sites is 4. The molecule has 0 aliphatic carbocycles. The fourth-order valence-corrected chi connectivity index (χ4v) is 17.7. The fraction of sp³-hybridized carbons (Fsp3) is 0.0561. The zero-order chi connectivity index (χ0) is 83.5. The SMILES string of the molecule is Brc1cc2ccccc2c2ccccc12.Brc1ccc(-c2nc3ccccc3c3c4ccccc4c4ccccc4c23)cc1.CC1(C)OB(c2cc3ccccc3c3ccccc23)OC1(C)C.Nc1ccccc1-c1cc2ccccc2c2ccccc12.O=[N+]([O-])c1ccccc1-c1cc2ccccc2c2ccccc12.O=[N+]([O-])c1ccccc1Br. The summed E-state index contributed by atoms with van der Waals surface area (Å²) in [6.45, 7) is 8.37. The Hall–Kier alpha value is -13.3. The summed E-state index contributed by atoms with van der Waals surface area (Å²) in [5.41, 5.74) is 14.7.